The zero-order chi connectivity index (χ0) is 15.1. The predicted molar refractivity (Wildman–Crippen MR) is 88.7 cm³/mol. The summed E-state index contributed by atoms with van der Waals surface area (Å²) in [4.78, 5) is 0. The molecule has 1 aromatic rings. The van der Waals surface area contributed by atoms with Gasteiger partial charge in [0.15, 0.2) is 0 Å². The summed E-state index contributed by atoms with van der Waals surface area (Å²) in [5.41, 5.74) is 5.71. The number of hydrogen-bond donors (Lipinski definition) is 0. The van der Waals surface area contributed by atoms with Gasteiger partial charge in [-0.2, -0.15) is 30.0 Å². The fourth-order valence-corrected chi connectivity index (χ4v) is 2.75. The van der Waals surface area contributed by atoms with Crippen molar-refractivity contribution in [3.05, 3.63) is 40.3 Å². The van der Waals surface area contributed by atoms with E-state index >= 15 is 0 Å². The van der Waals surface area contributed by atoms with Gasteiger partial charge in [-0.25, -0.2) is 0 Å². The SMILES string of the molecule is C#Cc1c(C)c(C)[c-]c(C)c1C.CCC1CC[CH-]CC1.[W+2]. The van der Waals surface area contributed by atoms with Crippen LogP contribution in [-0.2, 0) is 21.1 Å². The molecular formula is C20H28W. The molecule has 0 saturated heterocycles. The van der Waals surface area contributed by atoms with Gasteiger partial charge in [0.25, 0.3) is 0 Å². The molecular weight excluding hydrogens is 424 g/mol. The molecule has 114 valence electrons. The summed E-state index contributed by atoms with van der Waals surface area (Å²) in [6.07, 6.45) is 14.9. The predicted octanol–water partition coefficient (Wildman–Crippen LogP) is 5.49. The Kier molecular flexibility index (Phi) is 9.98. The molecule has 0 atom stereocenters. The second-order valence-corrected chi connectivity index (χ2v) is 5.86. The van der Waals surface area contributed by atoms with Gasteiger partial charge in [-0.3, -0.25) is 0 Å². The Morgan fingerprint density at radius 1 is 1.10 bits per heavy atom. The first kappa shape index (κ1) is 20.5. The number of benzene rings is 1. The molecule has 0 heterocycles. The Bertz CT molecular complexity index is 447. The monoisotopic (exact) mass is 452 g/mol. The van der Waals surface area contributed by atoms with E-state index in [1.807, 2.05) is 27.7 Å². The Balaban J connectivity index is 0.000000390. The molecule has 0 unspecified atom stereocenters. The molecule has 0 amide bonds. The van der Waals surface area contributed by atoms with Crippen LogP contribution in [-0.4, -0.2) is 0 Å². The van der Waals surface area contributed by atoms with E-state index in [-0.39, 0.29) is 21.1 Å². The minimum Gasteiger partial charge on any atom is -0.328 e. The Hall–Kier alpha value is -0.532. The maximum absolute atomic E-state index is 5.43. The smallest absolute Gasteiger partial charge is 0.328 e. The third-order valence-corrected chi connectivity index (χ3v) is 4.53. The van der Waals surface area contributed by atoms with Crippen molar-refractivity contribution in [2.45, 2.75) is 66.7 Å². The maximum atomic E-state index is 5.43. The quantitative estimate of drug-likeness (QED) is 0.391. The van der Waals surface area contributed by atoms with Gasteiger partial charge in [0.05, 0.1) is 0 Å². The summed E-state index contributed by atoms with van der Waals surface area (Å²) in [7, 11) is 0. The number of aryl methyl sites for hydroxylation is 2. The van der Waals surface area contributed by atoms with E-state index in [0.717, 1.165) is 22.6 Å². The molecule has 1 aromatic carbocycles. The molecule has 1 aliphatic carbocycles. The third-order valence-electron chi connectivity index (χ3n) is 4.53. The van der Waals surface area contributed by atoms with Gasteiger partial charge >= 0.3 is 21.1 Å². The molecule has 1 fully saturated rings. The average molecular weight is 452 g/mol. The Labute approximate surface area is 146 Å². The van der Waals surface area contributed by atoms with E-state index in [1.54, 1.807) is 0 Å². The van der Waals surface area contributed by atoms with Crippen LogP contribution in [0.5, 0.6) is 0 Å². The van der Waals surface area contributed by atoms with Crippen LogP contribution in [0.15, 0.2) is 0 Å². The summed E-state index contributed by atoms with van der Waals surface area (Å²) < 4.78 is 0. The molecule has 0 radical (unpaired) electrons. The van der Waals surface area contributed by atoms with Gasteiger partial charge in [0, 0.05) is 0 Å². The van der Waals surface area contributed by atoms with Crippen LogP contribution in [0.25, 0.3) is 0 Å². The van der Waals surface area contributed by atoms with Crippen LogP contribution in [0.1, 0.15) is 66.8 Å². The standard InChI is InChI=1S/C12H13.C8H15.W/c1-6-12-10(4)8(2)7-9(3)11(12)5;1-2-8-6-4-3-5-7-8;/h1H,2-5H3;3,8H,2,4-7H2,1H3;/q2*-1;+2. The van der Waals surface area contributed by atoms with E-state index in [9.17, 15) is 0 Å². The summed E-state index contributed by atoms with van der Waals surface area (Å²) in [5, 5.41) is 0. The van der Waals surface area contributed by atoms with Crippen molar-refractivity contribution < 1.29 is 21.1 Å². The van der Waals surface area contributed by atoms with Crippen molar-refractivity contribution in [2.75, 3.05) is 0 Å². The summed E-state index contributed by atoms with van der Waals surface area (Å²) in [6, 6.07) is 3.29. The number of rotatable bonds is 1. The van der Waals surface area contributed by atoms with Gasteiger partial charge in [0.2, 0.25) is 0 Å². The van der Waals surface area contributed by atoms with Crippen molar-refractivity contribution in [1.82, 2.24) is 0 Å². The number of hydrogen-bond acceptors (Lipinski definition) is 0. The molecule has 0 spiro atoms. The van der Waals surface area contributed by atoms with Gasteiger partial charge in [-0.1, -0.05) is 65.4 Å². The first-order chi connectivity index (χ1) is 9.51. The van der Waals surface area contributed by atoms with Crippen LogP contribution < -0.4 is 0 Å². The van der Waals surface area contributed by atoms with Gasteiger partial charge in [-0.05, 0) is 5.92 Å². The normalized spacial score (nSPS) is 14.5. The zero-order valence-corrected chi connectivity index (χ0v) is 17.1. The number of terminal acetylenes is 1. The minimum absolute atomic E-state index is 0. The average Bonchev–Trinajstić information content (AvgIpc) is 2.47. The van der Waals surface area contributed by atoms with Crippen LogP contribution >= 0.6 is 0 Å². The van der Waals surface area contributed by atoms with Gasteiger partial charge in [0.1, 0.15) is 0 Å². The van der Waals surface area contributed by atoms with Crippen LogP contribution in [0.4, 0.5) is 0 Å². The van der Waals surface area contributed by atoms with Crippen molar-refractivity contribution in [1.29, 1.82) is 0 Å². The first-order valence-electron chi connectivity index (χ1n) is 7.79. The minimum atomic E-state index is 0. The molecule has 1 heteroatoms. The molecule has 0 aromatic heterocycles. The molecule has 0 N–H and O–H groups in total. The van der Waals surface area contributed by atoms with Crippen LogP contribution in [0, 0.1) is 58.4 Å². The molecule has 0 bridgehead atoms. The molecule has 0 nitrogen and oxygen atoms in total. The fraction of sp³-hybridized carbons (Fsp3) is 0.550. The van der Waals surface area contributed by atoms with E-state index in [0.29, 0.717) is 0 Å². The molecule has 2 rings (SSSR count). The molecule has 0 aliphatic heterocycles. The Morgan fingerprint density at radius 2 is 1.57 bits per heavy atom. The zero-order valence-electron chi connectivity index (χ0n) is 14.2. The first-order valence-corrected chi connectivity index (χ1v) is 7.79. The van der Waals surface area contributed by atoms with E-state index in [4.69, 9.17) is 6.42 Å². The second-order valence-electron chi connectivity index (χ2n) is 5.86. The topological polar surface area (TPSA) is 0 Å². The van der Waals surface area contributed by atoms with Crippen LogP contribution in [0.3, 0.4) is 0 Å². The molecule has 1 saturated carbocycles. The largest absolute Gasteiger partial charge is 2.00 e. The maximum Gasteiger partial charge on any atom is 2.00 e. The molecule has 21 heavy (non-hydrogen) atoms. The van der Waals surface area contributed by atoms with Crippen LogP contribution in [0.2, 0.25) is 0 Å². The van der Waals surface area contributed by atoms with E-state index in [2.05, 4.69) is 25.3 Å². The molecule has 1 aliphatic rings. The van der Waals surface area contributed by atoms with Gasteiger partial charge < -0.3 is 6.42 Å². The van der Waals surface area contributed by atoms with E-state index in [1.165, 1.54) is 43.2 Å². The van der Waals surface area contributed by atoms with Crippen molar-refractivity contribution >= 4 is 0 Å². The van der Waals surface area contributed by atoms with Crippen molar-refractivity contribution in [3.8, 4) is 12.3 Å². The van der Waals surface area contributed by atoms with Gasteiger partial charge in [-0.15, -0.1) is 17.6 Å². The summed E-state index contributed by atoms with van der Waals surface area (Å²) in [5.74, 6) is 3.78. The summed E-state index contributed by atoms with van der Waals surface area (Å²) in [6.45, 7) is 10.5. The van der Waals surface area contributed by atoms with Crippen molar-refractivity contribution in [3.63, 3.8) is 0 Å². The third kappa shape index (κ3) is 6.00. The van der Waals surface area contributed by atoms with E-state index < -0.39 is 0 Å². The van der Waals surface area contributed by atoms with Crippen molar-refractivity contribution in [2.24, 2.45) is 5.92 Å². The fourth-order valence-electron chi connectivity index (χ4n) is 2.75. The summed E-state index contributed by atoms with van der Waals surface area (Å²) >= 11 is 0. The second kappa shape index (κ2) is 10.2. The Morgan fingerprint density at radius 3 is 1.90 bits per heavy atom.